The number of hydrogen-bond donors (Lipinski definition) is 2. The van der Waals surface area contributed by atoms with Crippen molar-refractivity contribution in [3.63, 3.8) is 0 Å². The Balaban J connectivity index is 2.18. The molecule has 0 aliphatic heterocycles. The third kappa shape index (κ3) is 3.69. The fraction of sp³-hybridized carbons (Fsp3) is 0.118. The summed E-state index contributed by atoms with van der Waals surface area (Å²) in [5.74, 6) is -2.02. The lowest BCUT2D eigenvalue weighted by molar-refractivity contribution is 0.194. The molecule has 3 aromatic heterocycles. The molecule has 0 radical (unpaired) electrons. The molecule has 0 aliphatic rings. The molecule has 0 atom stereocenters. The standard InChI is InChI=1S/C17H14F2N4O4S/c18-14-11(5-8-22-17(24)25)10-23(15(14)13-4-2-7-21-16(13)19)28(26,27)12-3-1-6-20-9-12/h1-4,6-7,9-10,22H,5,8H2,(H,24,25). The lowest BCUT2D eigenvalue weighted by Crippen LogP contribution is -2.23. The number of hydrogen-bond acceptors (Lipinski definition) is 5. The molecule has 2 N–H and O–H groups in total. The molecule has 0 aromatic carbocycles. The summed E-state index contributed by atoms with van der Waals surface area (Å²) in [6.07, 6.45) is 3.17. The van der Waals surface area contributed by atoms with Crippen LogP contribution in [0.2, 0.25) is 0 Å². The summed E-state index contributed by atoms with van der Waals surface area (Å²) < 4.78 is 55.9. The third-order valence-electron chi connectivity index (χ3n) is 3.86. The van der Waals surface area contributed by atoms with Crippen molar-refractivity contribution in [1.29, 1.82) is 0 Å². The van der Waals surface area contributed by atoms with Crippen molar-refractivity contribution in [2.45, 2.75) is 11.3 Å². The molecular formula is C17H14F2N4O4S. The molecule has 3 heterocycles. The summed E-state index contributed by atoms with van der Waals surface area (Å²) in [5, 5.41) is 10.7. The first kappa shape index (κ1) is 19.4. The first-order valence-electron chi connectivity index (χ1n) is 7.95. The number of carbonyl (C=O) groups is 1. The largest absolute Gasteiger partial charge is 0.465 e. The summed E-state index contributed by atoms with van der Waals surface area (Å²) in [6, 6.07) is 5.22. The number of nitrogens with one attached hydrogen (secondary N) is 1. The highest BCUT2D eigenvalue weighted by Gasteiger charge is 2.28. The van der Waals surface area contributed by atoms with E-state index in [2.05, 4.69) is 15.3 Å². The Morgan fingerprint density at radius 2 is 1.96 bits per heavy atom. The molecule has 0 spiro atoms. The van der Waals surface area contributed by atoms with Gasteiger partial charge in [0.2, 0.25) is 5.95 Å². The second-order valence-electron chi connectivity index (χ2n) is 5.63. The van der Waals surface area contributed by atoms with Crippen LogP contribution in [0.3, 0.4) is 0 Å². The van der Waals surface area contributed by atoms with E-state index in [1.807, 2.05) is 0 Å². The summed E-state index contributed by atoms with van der Waals surface area (Å²) in [4.78, 5) is 17.6. The fourth-order valence-electron chi connectivity index (χ4n) is 2.59. The number of halogens is 2. The summed E-state index contributed by atoms with van der Waals surface area (Å²) in [6.45, 7) is -0.155. The number of pyridine rings is 2. The van der Waals surface area contributed by atoms with Gasteiger partial charge in [0.15, 0.2) is 5.82 Å². The van der Waals surface area contributed by atoms with Crippen molar-refractivity contribution in [3.05, 3.63) is 66.4 Å². The molecule has 0 unspecified atom stereocenters. The van der Waals surface area contributed by atoms with Gasteiger partial charge in [-0.2, -0.15) is 4.39 Å². The van der Waals surface area contributed by atoms with Crippen LogP contribution in [0.15, 0.2) is 53.9 Å². The minimum atomic E-state index is -4.29. The zero-order chi connectivity index (χ0) is 20.3. The Morgan fingerprint density at radius 3 is 2.61 bits per heavy atom. The summed E-state index contributed by atoms with van der Waals surface area (Å²) >= 11 is 0. The van der Waals surface area contributed by atoms with Crippen molar-refractivity contribution < 1.29 is 27.1 Å². The van der Waals surface area contributed by atoms with Crippen LogP contribution < -0.4 is 5.32 Å². The second kappa shape index (κ2) is 7.72. The molecule has 3 rings (SSSR count). The van der Waals surface area contributed by atoms with E-state index in [0.717, 1.165) is 18.6 Å². The van der Waals surface area contributed by atoms with E-state index in [-0.39, 0.29) is 29.0 Å². The monoisotopic (exact) mass is 408 g/mol. The van der Waals surface area contributed by atoms with Crippen molar-refractivity contribution in [2.75, 3.05) is 6.54 Å². The van der Waals surface area contributed by atoms with Gasteiger partial charge < -0.3 is 10.4 Å². The number of carboxylic acid groups (broad SMARTS) is 1. The van der Waals surface area contributed by atoms with Crippen molar-refractivity contribution in [2.24, 2.45) is 0 Å². The normalized spacial score (nSPS) is 11.4. The highest BCUT2D eigenvalue weighted by Crippen LogP contribution is 2.31. The zero-order valence-corrected chi connectivity index (χ0v) is 15.0. The average molecular weight is 408 g/mol. The van der Waals surface area contributed by atoms with Gasteiger partial charge in [-0.1, -0.05) is 0 Å². The van der Waals surface area contributed by atoms with Crippen LogP contribution in [0.25, 0.3) is 11.3 Å². The van der Waals surface area contributed by atoms with Crippen LogP contribution in [-0.2, 0) is 16.4 Å². The Morgan fingerprint density at radius 1 is 1.21 bits per heavy atom. The topological polar surface area (TPSA) is 114 Å². The predicted molar refractivity (Wildman–Crippen MR) is 94.1 cm³/mol. The quantitative estimate of drug-likeness (QED) is 0.605. The maximum atomic E-state index is 15.1. The molecule has 8 nitrogen and oxygen atoms in total. The molecule has 0 bridgehead atoms. The number of nitrogens with zero attached hydrogens (tertiary/aromatic N) is 3. The van der Waals surface area contributed by atoms with Gasteiger partial charge in [0.25, 0.3) is 10.0 Å². The zero-order valence-electron chi connectivity index (χ0n) is 14.2. The molecule has 28 heavy (non-hydrogen) atoms. The maximum absolute atomic E-state index is 15.1. The summed E-state index contributed by atoms with van der Waals surface area (Å²) in [5.41, 5.74) is -0.968. The van der Waals surface area contributed by atoms with Crippen molar-refractivity contribution in [1.82, 2.24) is 19.3 Å². The number of amides is 1. The van der Waals surface area contributed by atoms with Gasteiger partial charge in [-0.05, 0) is 30.7 Å². The number of rotatable bonds is 6. The van der Waals surface area contributed by atoms with Crippen LogP contribution in [0.1, 0.15) is 5.56 Å². The van der Waals surface area contributed by atoms with Gasteiger partial charge in [-0.3, -0.25) is 4.98 Å². The fourth-order valence-corrected chi connectivity index (χ4v) is 3.95. The van der Waals surface area contributed by atoms with Gasteiger partial charge in [-0.15, -0.1) is 0 Å². The molecule has 3 aromatic rings. The lowest BCUT2D eigenvalue weighted by Gasteiger charge is -2.10. The first-order chi connectivity index (χ1) is 13.3. The van der Waals surface area contributed by atoms with E-state index < -0.39 is 33.6 Å². The maximum Gasteiger partial charge on any atom is 0.404 e. The average Bonchev–Trinajstić information content (AvgIpc) is 3.00. The van der Waals surface area contributed by atoms with Crippen molar-refractivity contribution >= 4 is 16.1 Å². The molecule has 1 amide bonds. The van der Waals surface area contributed by atoms with Gasteiger partial charge in [0.05, 0.1) is 5.56 Å². The Kier molecular flexibility index (Phi) is 5.36. The van der Waals surface area contributed by atoms with Gasteiger partial charge in [-0.25, -0.2) is 26.6 Å². The first-order valence-corrected chi connectivity index (χ1v) is 9.39. The Bertz CT molecular complexity index is 1120. The van der Waals surface area contributed by atoms with E-state index in [1.165, 1.54) is 30.5 Å². The minimum Gasteiger partial charge on any atom is -0.465 e. The Hall–Kier alpha value is -3.34. The number of aromatic nitrogens is 3. The van der Waals surface area contributed by atoms with Gasteiger partial charge >= 0.3 is 6.09 Å². The van der Waals surface area contributed by atoms with Gasteiger partial charge in [0.1, 0.15) is 10.6 Å². The van der Waals surface area contributed by atoms with E-state index in [1.54, 1.807) is 0 Å². The Labute approximate surface area is 158 Å². The summed E-state index contributed by atoms with van der Waals surface area (Å²) in [7, 11) is -4.29. The molecule has 0 aliphatic carbocycles. The second-order valence-corrected chi connectivity index (χ2v) is 7.45. The van der Waals surface area contributed by atoms with Crippen LogP contribution in [0, 0.1) is 11.8 Å². The van der Waals surface area contributed by atoms with Crippen LogP contribution in [-0.4, -0.2) is 40.1 Å². The lowest BCUT2D eigenvalue weighted by atomic mass is 10.1. The molecule has 11 heteroatoms. The smallest absolute Gasteiger partial charge is 0.404 e. The predicted octanol–water partition coefficient (Wildman–Crippen LogP) is 2.27. The van der Waals surface area contributed by atoms with E-state index in [4.69, 9.17) is 5.11 Å². The molecular weight excluding hydrogens is 394 g/mol. The van der Waals surface area contributed by atoms with E-state index in [9.17, 15) is 17.6 Å². The third-order valence-corrected chi connectivity index (χ3v) is 5.50. The SMILES string of the molecule is O=C(O)NCCc1cn(S(=O)(=O)c2cccnc2)c(-c2cccnc2F)c1F. The molecule has 146 valence electrons. The van der Waals surface area contributed by atoms with Crippen LogP contribution in [0.4, 0.5) is 13.6 Å². The van der Waals surface area contributed by atoms with E-state index >= 15 is 4.39 Å². The molecule has 0 fully saturated rings. The highest BCUT2D eigenvalue weighted by molar-refractivity contribution is 7.90. The molecule has 0 saturated carbocycles. The van der Waals surface area contributed by atoms with Crippen molar-refractivity contribution in [3.8, 4) is 11.3 Å². The highest BCUT2D eigenvalue weighted by atomic mass is 32.2. The van der Waals surface area contributed by atoms with Gasteiger partial charge in [0, 0.05) is 36.9 Å². The van der Waals surface area contributed by atoms with E-state index in [0.29, 0.717) is 3.97 Å². The molecule has 0 saturated heterocycles. The minimum absolute atomic E-state index is 0.0977. The van der Waals surface area contributed by atoms with Crippen LogP contribution >= 0.6 is 0 Å². The van der Waals surface area contributed by atoms with Crippen LogP contribution in [0.5, 0.6) is 0 Å².